The van der Waals surface area contributed by atoms with Gasteiger partial charge in [-0.1, -0.05) is 37.1 Å². The zero-order chi connectivity index (χ0) is 18.1. The molecule has 4 nitrogen and oxygen atoms in total. The molecule has 4 heteroatoms. The van der Waals surface area contributed by atoms with Crippen molar-refractivity contribution >= 4 is 22.6 Å². The quantitative estimate of drug-likeness (QED) is 0.677. The number of para-hydroxylation sites is 2. The van der Waals surface area contributed by atoms with Gasteiger partial charge in [0.1, 0.15) is 5.82 Å². The summed E-state index contributed by atoms with van der Waals surface area (Å²) < 4.78 is 2.07. The molecule has 3 aromatic rings. The van der Waals surface area contributed by atoms with Crippen molar-refractivity contribution < 1.29 is 4.79 Å². The number of anilines is 1. The molecule has 0 aliphatic carbocycles. The topological polar surface area (TPSA) is 38.1 Å². The van der Waals surface area contributed by atoms with Crippen molar-refractivity contribution in [1.82, 2.24) is 9.55 Å². The van der Waals surface area contributed by atoms with Crippen molar-refractivity contribution in [3.8, 4) is 12.3 Å². The molecule has 1 atom stereocenters. The average Bonchev–Trinajstić information content (AvgIpc) is 3.23. The van der Waals surface area contributed by atoms with Gasteiger partial charge in [0.15, 0.2) is 0 Å². The van der Waals surface area contributed by atoms with E-state index >= 15 is 0 Å². The van der Waals surface area contributed by atoms with Crippen LogP contribution < -0.4 is 4.90 Å². The fourth-order valence-electron chi connectivity index (χ4n) is 3.70. The molecule has 1 unspecified atom stereocenters. The number of terminal acetylenes is 1. The summed E-state index contributed by atoms with van der Waals surface area (Å²) in [5.74, 6) is 3.81. The van der Waals surface area contributed by atoms with Gasteiger partial charge >= 0.3 is 0 Å². The molecular formula is C22H21N3O. The van der Waals surface area contributed by atoms with Gasteiger partial charge in [-0.05, 0) is 36.2 Å². The van der Waals surface area contributed by atoms with E-state index in [1.807, 2.05) is 41.3 Å². The Bertz CT molecular complexity index is 994. The van der Waals surface area contributed by atoms with Crippen LogP contribution in [0.15, 0.2) is 48.5 Å². The summed E-state index contributed by atoms with van der Waals surface area (Å²) >= 11 is 0. The largest absolute Gasteiger partial charge is 0.316 e. The van der Waals surface area contributed by atoms with E-state index in [0.717, 1.165) is 29.0 Å². The van der Waals surface area contributed by atoms with Crippen LogP contribution in [0, 0.1) is 12.3 Å². The van der Waals surface area contributed by atoms with Crippen LogP contribution in [0.2, 0.25) is 0 Å². The minimum atomic E-state index is 0.0501. The lowest BCUT2D eigenvalue weighted by Gasteiger charge is -2.17. The SMILES string of the molecule is C#CCn1c(C2CC(=O)N(c3ccc(CC)cc3)C2)nc2ccccc21. The van der Waals surface area contributed by atoms with E-state index in [0.29, 0.717) is 19.5 Å². The predicted octanol–water partition coefficient (Wildman–Crippen LogP) is 3.75. The molecule has 26 heavy (non-hydrogen) atoms. The van der Waals surface area contributed by atoms with Crippen LogP contribution in [0.1, 0.15) is 30.7 Å². The fraction of sp³-hybridized carbons (Fsp3) is 0.273. The lowest BCUT2D eigenvalue weighted by molar-refractivity contribution is -0.117. The number of rotatable bonds is 4. The molecule has 1 saturated heterocycles. The second kappa shape index (κ2) is 6.68. The van der Waals surface area contributed by atoms with Crippen LogP contribution in [0.5, 0.6) is 0 Å². The zero-order valence-electron chi connectivity index (χ0n) is 14.9. The number of nitrogens with zero attached hydrogens (tertiary/aromatic N) is 3. The second-order valence-electron chi connectivity index (χ2n) is 6.67. The van der Waals surface area contributed by atoms with Gasteiger partial charge in [-0.3, -0.25) is 4.79 Å². The number of fused-ring (bicyclic) bond motifs is 1. The molecule has 2 heterocycles. The number of imidazole rings is 1. The predicted molar refractivity (Wildman–Crippen MR) is 104 cm³/mol. The van der Waals surface area contributed by atoms with Crippen molar-refractivity contribution in [3.05, 3.63) is 59.9 Å². The van der Waals surface area contributed by atoms with E-state index < -0.39 is 0 Å². The molecule has 1 amide bonds. The highest BCUT2D eigenvalue weighted by Crippen LogP contribution is 2.33. The maximum atomic E-state index is 12.6. The van der Waals surface area contributed by atoms with Crippen molar-refractivity contribution in [3.63, 3.8) is 0 Å². The number of hydrogen-bond donors (Lipinski definition) is 0. The van der Waals surface area contributed by atoms with Crippen LogP contribution in [-0.2, 0) is 17.8 Å². The van der Waals surface area contributed by atoms with Crippen molar-refractivity contribution in [2.75, 3.05) is 11.4 Å². The van der Waals surface area contributed by atoms with Gasteiger partial charge in [0.2, 0.25) is 5.91 Å². The molecule has 1 fully saturated rings. The first kappa shape index (κ1) is 16.4. The molecule has 0 radical (unpaired) electrons. The maximum absolute atomic E-state index is 12.6. The molecule has 0 saturated carbocycles. The highest BCUT2D eigenvalue weighted by atomic mass is 16.2. The normalized spacial score (nSPS) is 17.0. The van der Waals surface area contributed by atoms with E-state index in [2.05, 4.69) is 29.5 Å². The summed E-state index contributed by atoms with van der Waals surface area (Å²) in [6, 6.07) is 16.2. The third-order valence-electron chi connectivity index (χ3n) is 5.08. The molecule has 1 aromatic heterocycles. The molecule has 1 aliphatic rings. The first-order valence-electron chi connectivity index (χ1n) is 8.99. The second-order valence-corrected chi connectivity index (χ2v) is 6.67. The lowest BCUT2D eigenvalue weighted by Crippen LogP contribution is -2.24. The first-order chi connectivity index (χ1) is 12.7. The Hall–Kier alpha value is -3.06. The van der Waals surface area contributed by atoms with Gasteiger partial charge in [0, 0.05) is 24.6 Å². The smallest absolute Gasteiger partial charge is 0.227 e. The van der Waals surface area contributed by atoms with Crippen molar-refractivity contribution in [2.45, 2.75) is 32.2 Å². The molecule has 0 bridgehead atoms. The minimum Gasteiger partial charge on any atom is -0.316 e. The van der Waals surface area contributed by atoms with E-state index in [4.69, 9.17) is 11.4 Å². The summed E-state index contributed by atoms with van der Waals surface area (Å²) in [4.78, 5) is 19.3. The Morgan fingerprint density at radius 1 is 1.19 bits per heavy atom. The van der Waals surface area contributed by atoms with E-state index in [1.54, 1.807) is 0 Å². The first-order valence-corrected chi connectivity index (χ1v) is 8.99. The average molecular weight is 343 g/mol. The minimum absolute atomic E-state index is 0.0501. The number of benzene rings is 2. The Morgan fingerprint density at radius 3 is 2.69 bits per heavy atom. The highest BCUT2D eigenvalue weighted by Gasteiger charge is 2.34. The van der Waals surface area contributed by atoms with Crippen LogP contribution >= 0.6 is 0 Å². The Morgan fingerprint density at radius 2 is 1.96 bits per heavy atom. The van der Waals surface area contributed by atoms with Crippen LogP contribution in [0.25, 0.3) is 11.0 Å². The van der Waals surface area contributed by atoms with Gasteiger partial charge < -0.3 is 9.47 Å². The van der Waals surface area contributed by atoms with Gasteiger partial charge in [-0.25, -0.2) is 4.98 Å². The number of amides is 1. The third kappa shape index (κ3) is 2.76. The maximum Gasteiger partial charge on any atom is 0.227 e. The van der Waals surface area contributed by atoms with Crippen LogP contribution in [0.3, 0.4) is 0 Å². The van der Waals surface area contributed by atoms with Crippen molar-refractivity contribution in [1.29, 1.82) is 0 Å². The van der Waals surface area contributed by atoms with E-state index in [-0.39, 0.29) is 11.8 Å². The van der Waals surface area contributed by atoms with E-state index in [9.17, 15) is 4.79 Å². The van der Waals surface area contributed by atoms with Crippen LogP contribution in [-0.4, -0.2) is 22.0 Å². The monoisotopic (exact) mass is 343 g/mol. The Labute approximate surface area is 153 Å². The summed E-state index contributed by atoms with van der Waals surface area (Å²) in [6.07, 6.45) is 7.03. The van der Waals surface area contributed by atoms with Crippen LogP contribution in [0.4, 0.5) is 5.69 Å². The van der Waals surface area contributed by atoms with Gasteiger partial charge in [0.25, 0.3) is 0 Å². The number of aromatic nitrogens is 2. The summed E-state index contributed by atoms with van der Waals surface area (Å²) in [5.41, 5.74) is 4.18. The molecular weight excluding hydrogens is 322 g/mol. The summed E-state index contributed by atoms with van der Waals surface area (Å²) in [7, 11) is 0. The molecule has 1 aliphatic heterocycles. The highest BCUT2D eigenvalue weighted by molar-refractivity contribution is 5.96. The number of hydrogen-bond acceptors (Lipinski definition) is 2. The third-order valence-corrected chi connectivity index (χ3v) is 5.08. The molecule has 0 spiro atoms. The lowest BCUT2D eigenvalue weighted by atomic mass is 10.1. The zero-order valence-corrected chi connectivity index (χ0v) is 14.9. The Balaban J connectivity index is 1.67. The molecule has 2 aromatic carbocycles. The van der Waals surface area contributed by atoms with Gasteiger partial charge in [0.05, 0.1) is 17.6 Å². The molecule has 130 valence electrons. The number of carbonyl (C=O) groups is 1. The summed E-state index contributed by atoms with van der Waals surface area (Å²) in [5, 5.41) is 0. The number of aryl methyl sites for hydroxylation is 1. The fourth-order valence-corrected chi connectivity index (χ4v) is 3.70. The van der Waals surface area contributed by atoms with Gasteiger partial charge in [-0.2, -0.15) is 0 Å². The summed E-state index contributed by atoms with van der Waals surface area (Å²) in [6.45, 7) is 3.23. The number of carbonyl (C=O) groups excluding carboxylic acids is 1. The molecule has 0 N–H and O–H groups in total. The van der Waals surface area contributed by atoms with E-state index in [1.165, 1.54) is 5.56 Å². The molecule has 4 rings (SSSR count). The Kier molecular flexibility index (Phi) is 4.22. The standard InChI is InChI=1S/C22H21N3O/c1-3-13-24-20-8-6-5-7-19(20)23-22(24)17-14-21(26)25(15-17)18-11-9-16(4-2)10-12-18/h1,5-12,17H,4,13-15H2,2H3. The van der Waals surface area contributed by atoms with Gasteiger partial charge in [-0.15, -0.1) is 6.42 Å². The van der Waals surface area contributed by atoms with Crippen molar-refractivity contribution in [2.24, 2.45) is 0 Å².